The van der Waals surface area contributed by atoms with Crippen LogP contribution in [0.15, 0.2) is 0 Å². The largest absolute Gasteiger partial charge is 0.391 e. The molecule has 54 valence electrons. The third kappa shape index (κ3) is 2.43. The zero-order chi connectivity index (χ0) is 7.44. The standard InChI is InChI=1S/C5H12N2O2/c1-3(8)4(7-2)5(6)9/h3-4,7-8H,1-2H3,(H2,6,9)/t3-,4+/m1/s1. The number of nitrogens with one attached hydrogen (secondary N) is 1. The minimum Gasteiger partial charge on any atom is -0.391 e. The van der Waals surface area contributed by atoms with E-state index in [0.29, 0.717) is 0 Å². The molecule has 0 rings (SSSR count). The summed E-state index contributed by atoms with van der Waals surface area (Å²) in [5, 5.41) is 11.4. The van der Waals surface area contributed by atoms with Crippen molar-refractivity contribution in [3.05, 3.63) is 0 Å². The van der Waals surface area contributed by atoms with Gasteiger partial charge in [0, 0.05) is 0 Å². The highest BCUT2D eigenvalue weighted by molar-refractivity contribution is 5.80. The van der Waals surface area contributed by atoms with Crippen molar-refractivity contribution >= 4 is 5.91 Å². The van der Waals surface area contributed by atoms with Gasteiger partial charge in [-0.25, -0.2) is 0 Å². The number of rotatable bonds is 3. The van der Waals surface area contributed by atoms with Crippen molar-refractivity contribution in [3.63, 3.8) is 0 Å². The average molecular weight is 132 g/mol. The summed E-state index contributed by atoms with van der Waals surface area (Å²) < 4.78 is 0. The quantitative estimate of drug-likeness (QED) is 0.434. The van der Waals surface area contributed by atoms with E-state index in [9.17, 15) is 4.79 Å². The number of likely N-dealkylation sites (N-methyl/N-ethyl adjacent to an activating group) is 1. The molecule has 2 atom stereocenters. The van der Waals surface area contributed by atoms with Gasteiger partial charge in [-0.2, -0.15) is 0 Å². The van der Waals surface area contributed by atoms with Crippen molar-refractivity contribution in [1.29, 1.82) is 0 Å². The van der Waals surface area contributed by atoms with E-state index in [2.05, 4.69) is 5.32 Å². The van der Waals surface area contributed by atoms with Crippen LogP contribution in [-0.2, 0) is 4.79 Å². The van der Waals surface area contributed by atoms with Crippen molar-refractivity contribution < 1.29 is 9.90 Å². The molecule has 4 nitrogen and oxygen atoms in total. The second-order valence-electron chi connectivity index (χ2n) is 1.91. The van der Waals surface area contributed by atoms with Gasteiger partial charge in [-0.15, -0.1) is 0 Å². The molecule has 0 aromatic rings. The van der Waals surface area contributed by atoms with Crippen molar-refractivity contribution in [1.82, 2.24) is 5.32 Å². The Morgan fingerprint density at radius 3 is 2.22 bits per heavy atom. The molecule has 1 amide bonds. The van der Waals surface area contributed by atoms with Gasteiger partial charge < -0.3 is 16.2 Å². The van der Waals surface area contributed by atoms with Gasteiger partial charge in [0.2, 0.25) is 5.91 Å². The van der Waals surface area contributed by atoms with Crippen LogP contribution in [0.3, 0.4) is 0 Å². The van der Waals surface area contributed by atoms with E-state index in [1.165, 1.54) is 6.92 Å². The van der Waals surface area contributed by atoms with E-state index in [1.807, 2.05) is 0 Å². The Morgan fingerprint density at radius 1 is 1.78 bits per heavy atom. The molecule has 0 bridgehead atoms. The summed E-state index contributed by atoms with van der Waals surface area (Å²) in [5.41, 5.74) is 4.89. The molecule has 0 aliphatic carbocycles. The van der Waals surface area contributed by atoms with Crippen molar-refractivity contribution in [2.24, 2.45) is 5.73 Å². The third-order valence-corrected chi connectivity index (χ3v) is 1.10. The van der Waals surface area contributed by atoms with Crippen LogP contribution in [0.1, 0.15) is 6.92 Å². The molecule has 0 aliphatic rings. The summed E-state index contributed by atoms with van der Waals surface area (Å²) in [6.07, 6.45) is -0.729. The van der Waals surface area contributed by atoms with E-state index in [1.54, 1.807) is 7.05 Å². The first-order valence-corrected chi connectivity index (χ1v) is 2.74. The maximum absolute atomic E-state index is 10.4. The van der Waals surface area contributed by atoms with Gasteiger partial charge in [0.25, 0.3) is 0 Å². The van der Waals surface area contributed by atoms with E-state index >= 15 is 0 Å². The highest BCUT2D eigenvalue weighted by Gasteiger charge is 2.17. The summed E-state index contributed by atoms with van der Waals surface area (Å²) in [7, 11) is 1.57. The number of carbonyl (C=O) groups excluding carboxylic acids is 1. The minimum absolute atomic E-state index is 0.535. The topological polar surface area (TPSA) is 75.3 Å². The molecule has 0 fully saturated rings. The Balaban J connectivity index is 3.83. The first-order valence-electron chi connectivity index (χ1n) is 2.74. The number of hydrogen-bond acceptors (Lipinski definition) is 3. The maximum atomic E-state index is 10.4. The van der Waals surface area contributed by atoms with Crippen LogP contribution in [0.4, 0.5) is 0 Å². The molecular weight excluding hydrogens is 120 g/mol. The zero-order valence-electron chi connectivity index (χ0n) is 5.59. The molecule has 0 spiro atoms. The van der Waals surface area contributed by atoms with Gasteiger partial charge >= 0.3 is 0 Å². The average Bonchev–Trinajstić information content (AvgIpc) is 1.64. The number of primary amides is 1. The van der Waals surface area contributed by atoms with Crippen LogP contribution in [-0.4, -0.2) is 30.2 Å². The predicted octanol–water partition coefficient (Wildman–Crippen LogP) is -1.56. The van der Waals surface area contributed by atoms with E-state index < -0.39 is 18.1 Å². The zero-order valence-corrected chi connectivity index (χ0v) is 5.59. The molecule has 4 N–H and O–H groups in total. The molecule has 9 heavy (non-hydrogen) atoms. The Labute approximate surface area is 54.0 Å². The predicted molar refractivity (Wildman–Crippen MR) is 33.7 cm³/mol. The number of aliphatic hydroxyl groups is 1. The van der Waals surface area contributed by atoms with Gasteiger partial charge in [-0.1, -0.05) is 0 Å². The number of aliphatic hydroxyl groups excluding tert-OH is 1. The van der Waals surface area contributed by atoms with Crippen LogP contribution >= 0.6 is 0 Å². The Bertz CT molecular complexity index is 103. The molecule has 0 aromatic carbocycles. The lowest BCUT2D eigenvalue weighted by atomic mass is 10.2. The molecule has 0 unspecified atom stereocenters. The molecule has 0 heterocycles. The van der Waals surface area contributed by atoms with Crippen LogP contribution in [0.5, 0.6) is 0 Å². The summed E-state index contributed by atoms with van der Waals surface area (Å²) in [6.45, 7) is 1.51. The Morgan fingerprint density at radius 2 is 2.22 bits per heavy atom. The molecule has 0 saturated carbocycles. The van der Waals surface area contributed by atoms with E-state index in [-0.39, 0.29) is 0 Å². The highest BCUT2D eigenvalue weighted by Crippen LogP contribution is 1.88. The van der Waals surface area contributed by atoms with Gasteiger partial charge in [0.05, 0.1) is 6.10 Å². The molecule has 0 aromatic heterocycles. The second kappa shape index (κ2) is 3.42. The molecule has 4 heteroatoms. The molecule has 0 radical (unpaired) electrons. The number of hydrogen-bond donors (Lipinski definition) is 3. The van der Waals surface area contributed by atoms with E-state index in [4.69, 9.17) is 10.8 Å². The monoisotopic (exact) mass is 132 g/mol. The summed E-state index contributed by atoms with van der Waals surface area (Å²) >= 11 is 0. The summed E-state index contributed by atoms with van der Waals surface area (Å²) in [6, 6.07) is -0.634. The normalized spacial score (nSPS) is 16.8. The summed E-state index contributed by atoms with van der Waals surface area (Å²) in [5.74, 6) is -0.535. The van der Waals surface area contributed by atoms with Crippen molar-refractivity contribution in [3.8, 4) is 0 Å². The van der Waals surface area contributed by atoms with Crippen LogP contribution in [0.2, 0.25) is 0 Å². The van der Waals surface area contributed by atoms with E-state index in [0.717, 1.165) is 0 Å². The first kappa shape index (κ1) is 8.39. The fraction of sp³-hybridized carbons (Fsp3) is 0.800. The van der Waals surface area contributed by atoms with Crippen LogP contribution in [0, 0.1) is 0 Å². The molecular formula is C5H12N2O2. The van der Waals surface area contributed by atoms with Crippen LogP contribution in [0.25, 0.3) is 0 Å². The Hall–Kier alpha value is -0.610. The number of carbonyl (C=O) groups is 1. The summed E-state index contributed by atoms with van der Waals surface area (Å²) in [4.78, 5) is 10.4. The lowest BCUT2D eigenvalue weighted by Gasteiger charge is -2.13. The second-order valence-corrected chi connectivity index (χ2v) is 1.91. The van der Waals surface area contributed by atoms with Gasteiger partial charge in [-0.3, -0.25) is 4.79 Å². The smallest absolute Gasteiger partial charge is 0.237 e. The van der Waals surface area contributed by atoms with Crippen LogP contribution < -0.4 is 11.1 Å². The number of amides is 1. The highest BCUT2D eigenvalue weighted by atomic mass is 16.3. The van der Waals surface area contributed by atoms with Crippen molar-refractivity contribution in [2.75, 3.05) is 7.05 Å². The van der Waals surface area contributed by atoms with Crippen molar-refractivity contribution in [2.45, 2.75) is 19.1 Å². The minimum atomic E-state index is -0.729. The fourth-order valence-electron chi connectivity index (χ4n) is 0.621. The molecule has 0 aliphatic heterocycles. The Kier molecular flexibility index (Phi) is 3.19. The number of nitrogens with two attached hydrogens (primary N) is 1. The van der Waals surface area contributed by atoms with Gasteiger partial charge in [0.1, 0.15) is 6.04 Å². The van der Waals surface area contributed by atoms with Gasteiger partial charge in [-0.05, 0) is 14.0 Å². The third-order valence-electron chi connectivity index (χ3n) is 1.10. The van der Waals surface area contributed by atoms with Gasteiger partial charge in [0.15, 0.2) is 0 Å². The fourth-order valence-corrected chi connectivity index (χ4v) is 0.621. The lowest BCUT2D eigenvalue weighted by molar-refractivity contribution is -0.122. The SMILES string of the molecule is CN[C@H](C(N)=O)[C@@H](C)O. The first-order chi connectivity index (χ1) is 4.09. The molecule has 0 saturated heterocycles. The maximum Gasteiger partial charge on any atom is 0.237 e. The lowest BCUT2D eigenvalue weighted by Crippen LogP contribution is -2.46.